The summed E-state index contributed by atoms with van der Waals surface area (Å²) in [5, 5.41) is 2.92. The van der Waals surface area contributed by atoms with Crippen LogP contribution in [0, 0.1) is 5.92 Å². The highest BCUT2D eigenvalue weighted by molar-refractivity contribution is 7.92. The lowest BCUT2D eigenvalue weighted by atomic mass is 9.87. The number of carbonyl (C=O) groups is 2. The van der Waals surface area contributed by atoms with Gasteiger partial charge < -0.3 is 10.2 Å². The van der Waals surface area contributed by atoms with Gasteiger partial charge in [0.1, 0.15) is 0 Å². The van der Waals surface area contributed by atoms with Crippen molar-refractivity contribution in [1.82, 2.24) is 10.2 Å². The predicted molar refractivity (Wildman–Crippen MR) is 134 cm³/mol. The second-order valence-corrected chi connectivity index (χ2v) is 11.9. The van der Waals surface area contributed by atoms with Gasteiger partial charge in [0.05, 0.1) is 10.8 Å². The molecule has 1 atom stereocenters. The zero-order chi connectivity index (χ0) is 25.1. The lowest BCUT2D eigenvalue weighted by Crippen LogP contribution is -2.46. The van der Waals surface area contributed by atoms with Crippen LogP contribution in [0.4, 0.5) is 5.69 Å². The molecule has 184 valence electrons. The van der Waals surface area contributed by atoms with Crippen LogP contribution in [0.3, 0.4) is 0 Å². The van der Waals surface area contributed by atoms with Crippen molar-refractivity contribution in [2.75, 3.05) is 17.8 Å². The zero-order valence-electron chi connectivity index (χ0n) is 20.6. The summed E-state index contributed by atoms with van der Waals surface area (Å²) < 4.78 is 28.1. The first kappa shape index (κ1) is 25.7. The lowest BCUT2D eigenvalue weighted by molar-refractivity contribution is -0.126. The molecule has 2 aromatic rings. The van der Waals surface area contributed by atoms with Gasteiger partial charge in [-0.1, -0.05) is 32.9 Å². The molecule has 34 heavy (non-hydrogen) atoms. The van der Waals surface area contributed by atoms with Crippen LogP contribution in [0.5, 0.6) is 0 Å². The van der Waals surface area contributed by atoms with E-state index in [0.717, 1.165) is 18.4 Å². The number of hydrogen-bond acceptors (Lipinski definition) is 4. The first-order valence-electron chi connectivity index (χ1n) is 11.7. The average molecular weight is 486 g/mol. The normalized spacial score (nSPS) is 16.9. The average Bonchev–Trinajstić information content (AvgIpc) is 2.78. The molecule has 0 aromatic heterocycles. The fraction of sp³-hybridized carbons (Fsp3) is 0.462. The van der Waals surface area contributed by atoms with E-state index >= 15 is 0 Å². The number of sulfonamides is 1. The van der Waals surface area contributed by atoms with Crippen molar-refractivity contribution in [3.05, 3.63) is 59.7 Å². The number of benzene rings is 2. The third-order valence-electron chi connectivity index (χ3n) is 5.93. The Kier molecular flexibility index (Phi) is 7.70. The molecule has 1 fully saturated rings. The lowest BCUT2D eigenvalue weighted by Gasteiger charge is -2.32. The highest BCUT2D eigenvalue weighted by Crippen LogP contribution is 2.25. The fourth-order valence-electron chi connectivity index (χ4n) is 3.99. The fourth-order valence-corrected chi connectivity index (χ4v) is 5.05. The maximum atomic E-state index is 13.0. The van der Waals surface area contributed by atoms with E-state index in [9.17, 15) is 18.0 Å². The minimum absolute atomic E-state index is 0.0206. The number of nitrogens with zero attached hydrogens (tertiary/aromatic N) is 1. The van der Waals surface area contributed by atoms with Crippen LogP contribution in [0.25, 0.3) is 0 Å². The standard InChI is InChI=1S/C26H35N3O4S/c1-18(2)27-24(30)20-7-6-16-29(17-20)25(31)19-8-12-22(13-9-19)28-34(32,33)23-14-10-21(11-15-23)26(3,4)5/h8-15,18,20,28H,6-7,16-17H2,1-5H3,(H,27,30)/t20-/m0/s1. The van der Waals surface area contributed by atoms with E-state index in [1.54, 1.807) is 41.3 Å². The Morgan fingerprint density at radius 2 is 1.62 bits per heavy atom. The molecule has 0 unspecified atom stereocenters. The van der Waals surface area contributed by atoms with Gasteiger partial charge in [0, 0.05) is 30.4 Å². The Bertz CT molecular complexity index is 1120. The molecule has 1 aliphatic heterocycles. The SMILES string of the molecule is CC(C)NC(=O)[C@H]1CCCN(C(=O)c2ccc(NS(=O)(=O)c3ccc(C(C)(C)C)cc3)cc2)C1. The van der Waals surface area contributed by atoms with E-state index in [2.05, 4.69) is 30.8 Å². The molecular formula is C26H35N3O4S. The molecule has 2 N–H and O–H groups in total. The van der Waals surface area contributed by atoms with Gasteiger partial charge in [0.2, 0.25) is 5.91 Å². The minimum Gasteiger partial charge on any atom is -0.354 e. The first-order chi connectivity index (χ1) is 15.9. The summed E-state index contributed by atoms with van der Waals surface area (Å²) in [5.74, 6) is -0.391. The predicted octanol–water partition coefficient (Wildman–Crippen LogP) is 4.16. The van der Waals surface area contributed by atoms with Crippen LogP contribution in [0.2, 0.25) is 0 Å². The first-order valence-corrected chi connectivity index (χ1v) is 13.2. The molecule has 0 spiro atoms. The van der Waals surface area contributed by atoms with Gasteiger partial charge >= 0.3 is 0 Å². The number of rotatable bonds is 6. The Hall–Kier alpha value is -2.87. The summed E-state index contributed by atoms with van der Waals surface area (Å²) >= 11 is 0. The molecule has 1 aliphatic rings. The molecule has 1 heterocycles. The van der Waals surface area contributed by atoms with Crippen LogP contribution in [-0.2, 0) is 20.2 Å². The van der Waals surface area contributed by atoms with Gasteiger partial charge in [-0.3, -0.25) is 14.3 Å². The summed E-state index contributed by atoms with van der Waals surface area (Å²) in [6.45, 7) is 11.0. The molecule has 8 heteroatoms. The number of likely N-dealkylation sites (tertiary alicyclic amines) is 1. The second-order valence-electron chi connectivity index (χ2n) is 10.2. The number of nitrogens with one attached hydrogen (secondary N) is 2. The highest BCUT2D eigenvalue weighted by atomic mass is 32.2. The van der Waals surface area contributed by atoms with Crippen LogP contribution in [0.15, 0.2) is 53.4 Å². The molecule has 2 aromatic carbocycles. The number of anilines is 1. The zero-order valence-corrected chi connectivity index (χ0v) is 21.4. The minimum atomic E-state index is -3.75. The molecule has 0 bridgehead atoms. The van der Waals surface area contributed by atoms with E-state index in [-0.39, 0.29) is 34.1 Å². The van der Waals surface area contributed by atoms with Gasteiger partial charge in [-0.25, -0.2) is 8.42 Å². The number of hydrogen-bond donors (Lipinski definition) is 2. The Morgan fingerprint density at radius 1 is 1.00 bits per heavy atom. The smallest absolute Gasteiger partial charge is 0.261 e. The summed E-state index contributed by atoms with van der Waals surface area (Å²) in [4.78, 5) is 27.2. The van der Waals surface area contributed by atoms with Crippen molar-refractivity contribution in [2.24, 2.45) is 5.92 Å². The molecule has 2 amide bonds. The van der Waals surface area contributed by atoms with Crippen molar-refractivity contribution in [3.8, 4) is 0 Å². The molecule has 7 nitrogen and oxygen atoms in total. The van der Waals surface area contributed by atoms with Gasteiger partial charge in [-0.15, -0.1) is 0 Å². The van der Waals surface area contributed by atoms with E-state index in [4.69, 9.17) is 0 Å². The van der Waals surface area contributed by atoms with Crippen molar-refractivity contribution in [3.63, 3.8) is 0 Å². The Morgan fingerprint density at radius 3 is 2.18 bits per heavy atom. The Labute approximate surface area is 203 Å². The van der Waals surface area contributed by atoms with Crippen molar-refractivity contribution >= 4 is 27.5 Å². The van der Waals surface area contributed by atoms with E-state index in [0.29, 0.717) is 24.3 Å². The molecule has 0 aliphatic carbocycles. The second kappa shape index (κ2) is 10.2. The van der Waals surface area contributed by atoms with Crippen LogP contribution < -0.4 is 10.0 Å². The van der Waals surface area contributed by atoms with Crippen LogP contribution >= 0.6 is 0 Å². The Balaban J connectivity index is 1.66. The molecular weight excluding hydrogens is 450 g/mol. The van der Waals surface area contributed by atoms with Gasteiger partial charge in [-0.05, 0) is 74.1 Å². The van der Waals surface area contributed by atoms with Crippen molar-refractivity contribution in [2.45, 2.75) is 63.8 Å². The molecule has 0 saturated carbocycles. The van der Waals surface area contributed by atoms with Gasteiger partial charge in [0.25, 0.3) is 15.9 Å². The van der Waals surface area contributed by atoms with Crippen LogP contribution in [-0.4, -0.2) is 44.3 Å². The topological polar surface area (TPSA) is 95.6 Å². The third kappa shape index (κ3) is 6.38. The summed E-state index contributed by atoms with van der Waals surface area (Å²) in [6, 6.07) is 13.3. The van der Waals surface area contributed by atoms with E-state index in [1.165, 1.54) is 0 Å². The maximum absolute atomic E-state index is 13.0. The monoisotopic (exact) mass is 485 g/mol. The molecule has 0 radical (unpaired) electrons. The maximum Gasteiger partial charge on any atom is 0.261 e. The van der Waals surface area contributed by atoms with Crippen molar-refractivity contribution < 1.29 is 18.0 Å². The number of amides is 2. The van der Waals surface area contributed by atoms with Crippen molar-refractivity contribution in [1.29, 1.82) is 0 Å². The summed E-state index contributed by atoms with van der Waals surface area (Å²) in [7, 11) is -3.75. The number of piperidine rings is 1. The number of carbonyl (C=O) groups excluding carboxylic acids is 2. The van der Waals surface area contributed by atoms with Gasteiger partial charge in [-0.2, -0.15) is 0 Å². The third-order valence-corrected chi connectivity index (χ3v) is 7.32. The van der Waals surface area contributed by atoms with Gasteiger partial charge in [0.15, 0.2) is 0 Å². The molecule has 3 rings (SSSR count). The summed E-state index contributed by atoms with van der Waals surface area (Å²) in [6.07, 6.45) is 1.54. The van der Waals surface area contributed by atoms with E-state index < -0.39 is 10.0 Å². The van der Waals surface area contributed by atoms with Crippen LogP contribution in [0.1, 0.15) is 63.4 Å². The van der Waals surface area contributed by atoms with E-state index in [1.807, 2.05) is 26.0 Å². The summed E-state index contributed by atoms with van der Waals surface area (Å²) in [5.41, 5.74) is 1.83. The largest absolute Gasteiger partial charge is 0.354 e. The highest BCUT2D eigenvalue weighted by Gasteiger charge is 2.29. The molecule has 1 saturated heterocycles. The quantitative estimate of drug-likeness (QED) is 0.642.